The lowest BCUT2D eigenvalue weighted by Crippen LogP contribution is -2.27. The molecule has 0 atom stereocenters. The van der Waals surface area contributed by atoms with Crippen LogP contribution in [0.5, 0.6) is 0 Å². The fourth-order valence-corrected chi connectivity index (χ4v) is 3.88. The van der Waals surface area contributed by atoms with Crippen molar-refractivity contribution in [1.29, 1.82) is 0 Å². The minimum absolute atomic E-state index is 0.0970. The molecule has 0 aliphatic carbocycles. The molecule has 3 aromatic heterocycles. The molecular formula is C20H19N5O2S. The van der Waals surface area contributed by atoms with E-state index in [1.165, 1.54) is 22.1 Å². The number of carbonyl (C=O) groups excluding carboxylic acids is 1. The van der Waals surface area contributed by atoms with E-state index in [-0.39, 0.29) is 18.0 Å². The van der Waals surface area contributed by atoms with Crippen molar-refractivity contribution in [2.24, 2.45) is 7.05 Å². The van der Waals surface area contributed by atoms with E-state index in [1.54, 1.807) is 12.1 Å². The number of benzene rings is 1. The number of aromatic nitrogens is 4. The van der Waals surface area contributed by atoms with E-state index in [0.29, 0.717) is 16.2 Å². The van der Waals surface area contributed by atoms with E-state index < -0.39 is 0 Å². The van der Waals surface area contributed by atoms with Gasteiger partial charge in [0.25, 0.3) is 5.56 Å². The molecular weight excluding hydrogens is 374 g/mol. The Labute approximate surface area is 165 Å². The number of aryl methyl sites for hydroxylation is 1. The van der Waals surface area contributed by atoms with Gasteiger partial charge in [0, 0.05) is 29.4 Å². The number of hydrogen-bond donors (Lipinski definition) is 1. The van der Waals surface area contributed by atoms with Crippen molar-refractivity contribution in [2.45, 2.75) is 20.4 Å². The molecule has 7 nitrogen and oxygen atoms in total. The SMILES string of the molecule is Cc1cc(-c2csc(NC(=O)Cn3c(=O)cnc4ccccc43)n2)c(C)n1C. The fraction of sp³-hybridized carbons (Fsp3) is 0.200. The Hall–Kier alpha value is -3.26. The maximum atomic E-state index is 12.5. The highest BCUT2D eigenvalue weighted by molar-refractivity contribution is 7.14. The van der Waals surface area contributed by atoms with Crippen molar-refractivity contribution in [2.75, 3.05) is 5.32 Å². The zero-order chi connectivity index (χ0) is 19.8. The summed E-state index contributed by atoms with van der Waals surface area (Å²) >= 11 is 1.36. The third kappa shape index (κ3) is 3.22. The second kappa shape index (κ2) is 7.05. The molecule has 0 spiro atoms. The van der Waals surface area contributed by atoms with Crippen molar-refractivity contribution in [3.8, 4) is 11.3 Å². The van der Waals surface area contributed by atoms with Crippen LogP contribution in [0, 0.1) is 13.8 Å². The van der Waals surface area contributed by atoms with Crippen LogP contribution in [0.1, 0.15) is 11.4 Å². The van der Waals surface area contributed by atoms with Gasteiger partial charge in [-0.2, -0.15) is 0 Å². The number of para-hydroxylation sites is 2. The molecule has 0 aliphatic rings. The summed E-state index contributed by atoms with van der Waals surface area (Å²) in [6, 6.07) is 9.32. The Morgan fingerprint density at radius 3 is 2.79 bits per heavy atom. The van der Waals surface area contributed by atoms with Gasteiger partial charge in [-0.3, -0.25) is 14.2 Å². The van der Waals surface area contributed by atoms with E-state index in [0.717, 1.165) is 22.6 Å². The Bertz CT molecular complexity index is 1250. The molecule has 0 bridgehead atoms. The highest BCUT2D eigenvalue weighted by Crippen LogP contribution is 2.29. The lowest BCUT2D eigenvalue weighted by Gasteiger charge is -2.08. The second-order valence-corrected chi connectivity index (χ2v) is 7.46. The molecule has 28 heavy (non-hydrogen) atoms. The monoisotopic (exact) mass is 393 g/mol. The molecule has 0 unspecified atom stereocenters. The van der Waals surface area contributed by atoms with Gasteiger partial charge in [0.1, 0.15) is 6.54 Å². The third-order valence-corrected chi connectivity index (χ3v) is 5.61. The van der Waals surface area contributed by atoms with Crippen LogP contribution in [0.3, 0.4) is 0 Å². The minimum atomic E-state index is -0.316. The van der Waals surface area contributed by atoms with Crippen molar-refractivity contribution < 1.29 is 4.79 Å². The van der Waals surface area contributed by atoms with Gasteiger partial charge in [-0.15, -0.1) is 11.3 Å². The molecule has 1 aromatic carbocycles. The molecule has 4 aromatic rings. The van der Waals surface area contributed by atoms with Crippen LogP contribution in [-0.4, -0.2) is 25.0 Å². The van der Waals surface area contributed by atoms with Gasteiger partial charge < -0.3 is 9.88 Å². The molecule has 0 fully saturated rings. The first-order valence-electron chi connectivity index (χ1n) is 8.77. The van der Waals surface area contributed by atoms with Crippen LogP contribution < -0.4 is 10.9 Å². The van der Waals surface area contributed by atoms with Gasteiger partial charge in [-0.05, 0) is 32.0 Å². The zero-order valence-electron chi connectivity index (χ0n) is 15.8. The molecule has 3 heterocycles. The zero-order valence-corrected chi connectivity index (χ0v) is 16.6. The van der Waals surface area contributed by atoms with Crippen LogP contribution in [0.15, 0.2) is 46.7 Å². The van der Waals surface area contributed by atoms with Crippen LogP contribution >= 0.6 is 11.3 Å². The molecule has 1 N–H and O–H groups in total. The summed E-state index contributed by atoms with van der Waals surface area (Å²) in [6.07, 6.45) is 1.23. The maximum Gasteiger partial charge on any atom is 0.269 e. The van der Waals surface area contributed by atoms with Crippen molar-refractivity contribution in [1.82, 2.24) is 19.1 Å². The highest BCUT2D eigenvalue weighted by atomic mass is 32.1. The molecule has 0 radical (unpaired) electrons. The van der Waals surface area contributed by atoms with Gasteiger partial charge in [-0.25, -0.2) is 9.97 Å². The predicted octanol–water partition coefficient (Wildman–Crippen LogP) is 3.11. The molecule has 0 saturated heterocycles. The number of amides is 1. The molecule has 4 rings (SSSR count). The number of carbonyl (C=O) groups is 1. The maximum absolute atomic E-state index is 12.5. The highest BCUT2D eigenvalue weighted by Gasteiger charge is 2.14. The van der Waals surface area contributed by atoms with Crippen molar-refractivity contribution in [3.05, 3.63) is 63.7 Å². The number of nitrogens with zero attached hydrogens (tertiary/aromatic N) is 4. The Morgan fingerprint density at radius 1 is 1.25 bits per heavy atom. The second-order valence-electron chi connectivity index (χ2n) is 6.60. The van der Waals surface area contributed by atoms with E-state index >= 15 is 0 Å². The topological polar surface area (TPSA) is 81.8 Å². The standard InChI is InChI=1S/C20H19N5O2S/c1-12-8-14(13(2)24(12)3)16-11-28-20(22-16)23-18(26)10-25-17-7-5-4-6-15(17)21-9-19(25)27/h4-9,11H,10H2,1-3H3,(H,22,23,26). The van der Waals surface area contributed by atoms with Gasteiger partial charge in [0.2, 0.25) is 5.91 Å². The first-order valence-corrected chi connectivity index (χ1v) is 9.65. The number of nitrogens with one attached hydrogen (secondary N) is 1. The van der Waals surface area contributed by atoms with E-state index in [2.05, 4.69) is 25.9 Å². The summed E-state index contributed by atoms with van der Waals surface area (Å²) in [5.41, 5.74) is 5.12. The van der Waals surface area contributed by atoms with Crippen LogP contribution in [0.25, 0.3) is 22.3 Å². The third-order valence-electron chi connectivity index (χ3n) is 4.86. The molecule has 0 saturated carbocycles. The van der Waals surface area contributed by atoms with Gasteiger partial charge in [-0.1, -0.05) is 12.1 Å². The summed E-state index contributed by atoms with van der Waals surface area (Å²) in [7, 11) is 2.01. The number of hydrogen-bond acceptors (Lipinski definition) is 5. The van der Waals surface area contributed by atoms with E-state index in [9.17, 15) is 9.59 Å². The molecule has 1 amide bonds. The number of anilines is 1. The quantitative estimate of drug-likeness (QED) is 0.578. The fourth-order valence-electron chi connectivity index (χ4n) is 3.15. The molecule has 8 heteroatoms. The van der Waals surface area contributed by atoms with Gasteiger partial charge >= 0.3 is 0 Å². The molecule has 0 aliphatic heterocycles. The summed E-state index contributed by atoms with van der Waals surface area (Å²) < 4.78 is 3.52. The smallest absolute Gasteiger partial charge is 0.269 e. The summed E-state index contributed by atoms with van der Waals surface area (Å²) in [5, 5.41) is 5.22. The van der Waals surface area contributed by atoms with E-state index in [4.69, 9.17) is 0 Å². The van der Waals surface area contributed by atoms with Crippen LogP contribution in [0.4, 0.5) is 5.13 Å². The first kappa shape index (κ1) is 18.1. The number of fused-ring (bicyclic) bond motifs is 1. The normalized spacial score (nSPS) is 11.1. The summed E-state index contributed by atoms with van der Waals surface area (Å²) in [5.74, 6) is -0.305. The van der Waals surface area contributed by atoms with Gasteiger partial charge in [0.05, 0.1) is 22.9 Å². The Morgan fingerprint density at radius 2 is 2.04 bits per heavy atom. The number of thiazole rings is 1. The van der Waals surface area contributed by atoms with Crippen LogP contribution in [-0.2, 0) is 18.4 Å². The van der Waals surface area contributed by atoms with Crippen molar-refractivity contribution in [3.63, 3.8) is 0 Å². The average Bonchev–Trinajstić information content (AvgIpc) is 3.24. The average molecular weight is 393 g/mol. The van der Waals surface area contributed by atoms with Crippen molar-refractivity contribution >= 4 is 33.4 Å². The Balaban J connectivity index is 1.56. The minimum Gasteiger partial charge on any atom is -0.351 e. The molecule has 142 valence electrons. The van der Waals surface area contributed by atoms with Gasteiger partial charge in [0.15, 0.2) is 5.13 Å². The summed E-state index contributed by atoms with van der Waals surface area (Å²) in [4.78, 5) is 33.4. The lowest BCUT2D eigenvalue weighted by molar-refractivity contribution is -0.116. The summed E-state index contributed by atoms with van der Waals surface area (Å²) in [6.45, 7) is 3.99. The van der Waals surface area contributed by atoms with Crippen LogP contribution in [0.2, 0.25) is 0 Å². The largest absolute Gasteiger partial charge is 0.351 e. The predicted molar refractivity (Wildman–Crippen MR) is 111 cm³/mol. The number of rotatable bonds is 4. The first-order chi connectivity index (χ1) is 13.4. The lowest BCUT2D eigenvalue weighted by atomic mass is 10.2. The Kier molecular flexibility index (Phi) is 4.56. The van der Waals surface area contributed by atoms with E-state index in [1.807, 2.05) is 38.4 Å².